The topological polar surface area (TPSA) is 97.5 Å². The van der Waals surface area contributed by atoms with Crippen LogP contribution in [0.3, 0.4) is 0 Å². The van der Waals surface area contributed by atoms with Crippen molar-refractivity contribution in [2.45, 2.75) is 57.6 Å². The molecule has 1 aromatic rings. The molecule has 2 fully saturated rings. The second kappa shape index (κ2) is 9.17. The second-order valence-corrected chi connectivity index (χ2v) is 7.50. The third kappa shape index (κ3) is 4.97. The summed E-state index contributed by atoms with van der Waals surface area (Å²) < 4.78 is 6.02. The average Bonchev–Trinajstić information content (AvgIpc) is 3.22. The van der Waals surface area contributed by atoms with Crippen LogP contribution in [-0.2, 0) is 9.53 Å². The van der Waals surface area contributed by atoms with Crippen LogP contribution in [0.1, 0.15) is 55.8 Å². The van der Waals surface area contributed by atoms with Gasteiger partial charge in [-0.2, -0.15) is 0 Å². The van der Waals surface area contributed by atoms with Gasteiger partial charge in [-0.1, -0.05) is 6.92 Å². The Hall–Kier alpha value is -2.15. The number of amides is 2. The average molecular weight is 374 g/mol. The molecular weight excluding hydrogens is 344 g/mol. The summed E-state index contributed by atoms with van der Waals surface area (Å²) in [5.74, 6) is 0.458. The van der Waals surface area contributed by atoms with E-state index in [-0.39, 0.29) is 29.9 Å². The van der Waals surface area contributed by atoms with Gasteiger partial charge in [-0.05, 0) is 50.7 Å². The Balaban J connectivity index is 1.62. The third-order valence-electron chi connectivity index (χ3n) is 5.46. The molecule has 0 unspecified atom stereocenters. The molecule has 148 valence electrons. The van der Waals surface area contributed by atoms with Crippen LogP contribution in [-0.4, -0.2) is 53.5 Å². The number of carbonyl (C=O) groups is 2. The lowest BCUT2D eigenvalue weighted by Gasteiger charge is -2.37. The molecule has 0 radical (unpaired) electrons. The monoisotopic (exact) mass is 374 g/mol. The number of aromatic nitrogens is 1. The number of nitrogens with zero attached hydrogens (tertiary/aromatic N) is 2. The van der Waals surface area contributed by atoms with Crippen LogP contribution in [0.15, 0.2) is 18.3 Å². The highest BCUT2D eigenvalue weighted by atomic mass is 16.5. The fourth-order valence-electron chi connectivity index (χ4n) is 3.96. The Morgan fingerprint density at radius 2 is 2.07 bits per heavy atom. The van der Waals surface area contributed by atoms with E-state index in [4.69, 9.17) is 10.5 Å². The molecule has 1 aromatic heterocycles. The van der Waals surface area contributed by atoms with Gasteiger partial charge in [0.25, 0.3) is 5.91 Å². The zero-order valence-corrected chi connectivity index (χ0v) is 16.0. The first-order valence-corrected chi connectivity index (χ1v) is 10.0. The number of likely N-dealkylation sites (tertiary alicyclic amines) is 1. The summed E-state index contributed by atoms with van der Waals surface area (Å²) >= 11 is 0. The van der Waals surface area contributed by atoms with Gasteiger partial charge in [0.15, 0.2) is 0 Å². The number of ether oxygens (including phenoxy) is 1. The fraction of sp³-hybridized carbons (Fsp3) is 0.650. The van der Waals surface area contributed by atoms with Crippen LogP contribution < -0.4 is 11.1 Å². The lowest BCUT2D eigenvalue weighted by atomic mass is 9.82. The van der Waals surface area contributed by atoms with E-state index in [0.717, 1.165) is 45.2 Å². The summed E-state index contributed by atoms with van der Waals surface area (Å²) in [4.78, 5) is 31.3. The molecule has 2 aliphatic rings. The molecule has 27 heavy (non-hydrogen) atoms. The van der Waals surface area contributed by atoms with Gasteiger partial charge in [0, 0.05) is 31.8 Å². The normalized spacial score (nSPS) is 25.4. The summed E-state index contributed by atoms with van der Waals surface area (Å²) in [5, 5.41) is 3.07. The van der Waals surface area contributed by atoms with Crippen molar-refractivity contribution in [2.24, 2.45) is 5.92 Å². The molecule has 3 N–H and O–H groups in total. The van der Waals surface area contributed by atoms with Gasteiger partial charge < -0.3 is 20.7 Å². The van der Waals surface area contributed by atoms with Crippen LogP contribution in [0.4, 0.5) is 5.82 Å². The highest BCUT2D eigenvalue weighted by molar-refractivity contribution is 5.94. The highest BCUT2D eigenvalue weighted by Gasteiger charge is 2.37. The van der Waals surface area contributed by atoms with Gasteiger partial charge in [0.1, 0.15) is 5.82 Å². The number of hydrogen-bond donors (Lipinski definition) is 2. The predicted molar refractivity (Wildman–Crippen MR) is 103 cm³/mol. The minimum absolute atomic E-state index is 0.00343. The maximum absolute atomic E-state index is 12.8. The van der Waals surface area contributed by atoms with Crippen molar-refractivity contribution in [3.05, 3.63) is 23.9 Å². The SMILES string of the molecule is CCCO[C@H]1C[C@@H](C(=O)N2CCCC2)CC[C@@H]1NC(=O)c1ccc(N)nc1. The first-order chi connectivity index (χ1) is 13.1. The zero-order valence-electron chi connectivity index (χ0n) is 16.0. The molecule has 1 aliphatic carbocycles. The molecule has 1 saturated carbocycles. The quantitative estimate of drug-likeness (QED) is 0.793. The molecule has 7 heteroatoms. The van der Waals surface area contributed by atoms with E-state index in [2.05, 4.69) is 17.2 Å². The number of anilines is 1. The van der Waals surface area contributed by atoms with Gasteiger partial charge in [-0.15, -0.1) is 0 Å². The molecule has 7 nitrogen and oxygen atoms in total. The first kappa shape index (κ1) is 19.6. The van der Waals surface area contributed by atoms with Crippen molar-refractivity contribution in [1.82, 2.24) is 15.2 Å². The minimum Gasteiger partial charge on any atom is -0.384 e. The Morgan fingerprint density at radius 1 is 1.30 bits per heavy atom. The van der Waals surface area contributed by atoms with Crippen molar-refractivity contribution in [3.63, 3.8) is 0 Å². The second-order valence-electron chi connectivity index (χ2n) is 7.50. The van der Waals surface area contributed by atoms with Crippen molar-refractivity contribution < 1.29 is 14.3 Å². The lowest BCUT2D eigenvalue weighted by Crippen LogP contribution is -2.50. The highest BCUT2D eigenvalue weighted by Crippen LogP contribution is 2.30. The lowest BCUT2D eigenvalue weighted by molar-refractivity contribution is -0.138. The number of rotatable bonds is 6. The van der Waals surface area contributed by atoms with Crippen molar-refractivity contribution in [1.29, 1.82) is 0 Å². The van der Waals surface area contributed by atoms with Gasteiger partial charge in [0.05, 0.1) is 17.7 Å². The predicted octanol–water partition coefficient (Wildman–Crippen LogP) is 1.98. The first-order valence-electron chi connectivity index (χ1n) is 10.0. The number of nitrogens with one attached hydrogen (secondary N) is 1. The zero-order chi connectivity index (χ0) is 19.2. The standard InChI is InChI=1S/C20H30N4O3/c1-2-11-27-17-12-14(20(26)24-9-3-4-10-24)5-7-16(17)23-19(25)15-6-8-18(21)22-13-15/h6,8,13-14,16-17H,2-5,7,9-12H2,1H3,(H2,21,22)(H,23,25)/t14-,16-,17-/m0/s1. The van der Waals surface area contributed by atoms with Crippen LogP contribution in [0.5, 0.6) is 0 Å². The molecular formula is C20H30N4O3. The maximum Gasteiger partial charge on any atom is 0.253 e. The Labute approximate surface area is 160 Å². The summed E-state index contributed by atoms with van der Waals surface area (Å²) in [6.45, 7) is 4.44. The largest absolute Gasteiger partial charge is 0.384 e. The molecule has 1 saturated heterocycles. The van der Waals surface area contributed by atoms with Gasteiger partial charge in [-0.3, -0.25) is 9.59 Å². The fourth-order valence-corrected chi connectivity index (χ4v) is 3.96. The van der Waals surface area contributed by atoms with Gasteiger partial charge >= 0.3 is 0 Å². The van der Waals surface area contributed by atoms with E-state index in [9.17, 15) is 9.59 Å². The summed E-state index contributed by atoms with van der Waals surface area (Å²) in [7, 11) is 0. The van der Waals surface area contributed by atoms with Gasteiger partial charge in [0.2, 0.25) is 5.91 Å². The van der Waals surface area contributed by atoms with E-state index in [0.29, 0.717) is 24.4 Å². The van der Waals surface area contributed by atoms with Crippen molar-refractivity contribution >= 4 is 17.6 Å². The molecule has 0 aromatic carbocycles. The number of carbonyl (C=O) groups excluding carboxylic acids is 2. The Bertz CT molecular complexity index is 643. The van der Waals surface area contributed by atoms with E-state index >= 15 is 0 Å². The van der Waals surface area contributed by atoms with E-state index in [1.165, 1.54) is 6.20 Å². The molecule has 3 atom stereocenters. The van der Waals surface area contributed by atoms with Gasteiger partial charge in [-0.25, -0.2) is 4.98 Å². The molecule has 0 bridgehead atoms. The maximum atomic E-state index is 12.8. The molecule has 1 aliphatic heterocycles. The number of hydrogen-bond acceptors (Lipinski definition) is 5. The molecule has 2 heterocycles. The smallest absolute Gasteiger partial charge is 0.253 e. The molecule has 2 amide bonds. The summed E-state index contributed by atoms with van der Waals surface area (Å²) in [6.07, 6.45) is 6.64. The van der Waals surface area contributed by atoms with Crippen LogP contribution in [0.2, 0.25) is 0 Å². The summed E-state index contributed by atoms with van der Waals surface area (Å²) in [5.41, 5.74) is 6.06. The van der Waals surface area contributed by atoms with E-state index < -0.39 is 0 Å². The summed E-state index contributed by atoms with van der Waals surface area (Å²) in [6, 6.07) is 3.19. The van der Waals surface area contributed by atoms with Crippen molar-refractivity contribution in [3.8, 4) is 0 Å². The van der Waals surface area contributed by atoms with E-state index in [1.54, 1.807) is 12.1 Å². The minimum atomic E-state index is -0.179. The molecule has 0 spiro atoms. The Morgan fingerprint density at radius 3 is 2.74 bits per heavy atom. The van der Waals surface area contributed by atoms with E-state index in [1.807, 2.05) is 4.90 Å². The number of nitrogen functional groups attached to an aromatic ring is 1. The number of pyridine rings is 1. The van der Waals surface area contributed by atoms with Crippen LogP contribution in [0.25, 0.3) is 0 Å². The molecule has 3 rings (SSSR count). The van der Waals surface area contributed by atoms with Crippen LogP contribution in [0, 0.1) is 5.92 Å². The Kier molecular flexibility index (Phi) is 6.66. The van der Waals surface area contributed by atoms with Crippen LogP contribution >= 0.6 is 0 Å². The third-order valence-corrected chi connectivity index (χ3v) is 5.46. The number of nitrogens with two attached hydrogens (primary N) is 1. The van der Waals surface area contributed by atoms with Crippen molar-refractivity contribution in [2.75, 3.05) is 25.4 Å².